The minimum absolute atomic E-state index is 0.109. The smallest absolute Gasteiger partial charge is 0.237 e. The number of carbonyl (C=O) groups excluding carboxylic acids is 1. The van der Waals surface area contributed by atoms with Crippen LogP contribution in [0.1, 0.15) is 36.8 Å². The second-order valence-electron chi connectivity index (χ2n) is 7.25. The van der Waals surface area contributed by atoms with Crippen LogP contribution in [0.3, 0.4) is 0 Å². The van der Waals surface area contributed by atoms with Crippen molar-refractivity contribution in [3.8, 4) is 5.75 Å². The highest BCUT2D eigenvalue weighted by Crippen LogP contribution is 2.23. The van der Waals surface area contributed by atoms with E-state index in [0.29, 0.717) is 26.4 Å². The number of amides is 1. The van der Waals surface area contributed by atoms with Gasteiger partial charge in [-0.2, -0.15) is 0 Å². The number of hydrogen-bond donors (Lipinski definition) is 2. The van der Waals surface area contributed by atoms with E-state index in [4.69, 9.17) is 19.9 Å². The van der Waals surface area contributed by atoms with Gasteiger partial charge in [0.1, 0.15) is 12.4 Å². The van der Waals surface area contributed by atoms with E-state index in [2.05, 4.69) is 5.32 Å². The Bertz CT molecular complexity index is 595. The summed E-state index contributed by atoms with van der Waals surface area (Å²) in [7, 11) is 0. The first kappa shape index (κ1) is 19.1. The average Bonchev–Trinajstić information content (AvgIpc) is 3.19. The number of rotatable bonds is 7. The SMILES string of the molecule is Cc1ccc(CNC(=O)C(N)C2CCOCC2)c(OCC2CCCO2)c1. The number of aryl methyl sites for hydroxylation is 1. The van der Waals surface area contributed by atoms with Crippen molar-refractivity contribution in [3.05, 3.63) is 29.3 Å². The van der Waals surface area contributed by atoms with Crippen LogP contribution >= 0.6 is 0 Å². The predicted octanol–water partition coefficient (Wildman–Crippen LogP) is 1.92. The molecule has 0 aromatic heterocycles. The van der Waals surface area contributed by atoms with E-state index in [1.54, 1.807) is 0 Å². The summed E-state index contributed by atoms with van der Waals surface area (Å²) in [4.78, 5) is 12.4. The Hall–Kier alpha value is -1.63. The van der Waals surface area contributed by atoms with Crippen LogP contribution < -0.4 is 15.8 Å². The van der Waals surface area contributed by atoms with Gasteiger partial charge in [-0.05, 0) is 50.2 Å². The predicted molar refractivity (Wildman–Crippen MR) is 99.0 cm³/mol. The van der Waals surface area contributed by atoms with E-state index in [9.17, 15) is 4.79 Å². The van der Waals surface area contributed by atoms with Gasteiger partial charge in [-0.15, -0.1) is 0 Å². The summed E-state index contributed by atoms with van der Waals surface area (Å²) in [6, 6.07) is 5.55. The first-order valence-corrected chi connectivity index (χ1v) is 9.58. The minimum Gasteiger partial charge on any atom is -0.491 e. The molecule has 0 saturated carbocycles. The largest absolute Gasteiger partial charge is 0.491 e. The van der Waals surface area contributed by atoms with E-state index in [0.717, 1.165) is 49.2 Å². The van der Waals surface area contributed by atoms with Crippen LogP contribution in [-0.4, -0.2) is 44.5 Å². The Balaban J connectivity index is 1.55. The third-order valence-corrected chi connectivity index (χ3v) is 5.20. The van der Waals surface area contributed by atoms with Crippen LogP contribution in [0.2, 0.25) is 0 Å². The fraction of sp³-hybridized carbons (Fsp3) is 0.650. The normalized spacial score (nSPS) is 22.2. The molecule has 2 fully saturated rings. The van der Waals surface area contributed by atoms with E-state index in [-0.39, 0.29) is 17.9 Å². The van der Waals surface area contributed by atoms with Crippen LogP contribution in [0.4, 0.5) is 0 Å². The maximum Gasteiger partial charge on any atom is 0.237 e. The summed E-state index contributed by atoms with van der Waals surface area (Å²) in [5.74, 6) is 0.889. The quantitative estimate of drug-likeness (QED) is 0.774. The summed E-state index contributed by atoms with van der Waals surface area (Å²) in [5, 5.41) is 2.97. The molecule has 2 saturated heterocycles. The van der Waals surface area contributed by atoms with Crippen LogP contribution in [0.5, 0.6) is 5.75 Å². The van der Waals surface area contributed by atoms with Gasteiger partial charge in [0.15, 0.2) is 0 Å². The summed E-state index contributed by atoms with van der Waals surface area (Å²) in [6.45, 7) is 5.18. The van der Waals surface area contributed by atoms with Gasteiger partial charge in [-0.25, -0.2) is 0 Å². The Kier molecular flexibility index (Phi) is 6.88. The number of nitrogens with two attached hydrogens (primary N) is 1. The molecule has 3 N–H and O–H groups in total. The lowest BCUT2D eigenvalue weighted by Gasteiger charge is -2.26. The van der Waals surface area contributed by atoms with E-state index in [1.807, 2.05) is 25.1 Å². The Morgan fingerprint density at radius 2 is 2.12 bits per heavy atom. The number of carbonyl (C=O) groups is 1. The minimum atomic E-state index is -0.486. The van der Waals surface area contributed by atoms with Gasteiger partial charge >= 0.3 is 0 Å². The first-order chi connectivity index (χ1) is 12.6. The van der Waals surface area contributed by atoms with Crippen LogP contribution in [0.25, 0.3) is 0 Å². The van der Waals surface area contributed by atoms with Crippen LogP contribution in [0, 0.1) is 12.8 Å². The Labute approximate surface area is 155 Å². The highest BCUT2D eigenvalue weighted by Gasteiger charge is 2.26. The molecule has 144 valence electrons. The molecule has 6 nitrogen and oxygen atoms in total. The van der Waals surface area contributed by atoms with E-state index >= 15 is 0 Å². The standard InChI is InChI=1S/C20H30N2O4/c1-14-4-5-16(18(11-14)26-13-17-3-2-8-25-17)12-22-20(23)19(21)15-6-9-24-10-7-15/h4-5,11,15,17,19H,2-3,6-10,12-13,21H2,1H3,(H,22,23). The molecule has 2 heterocycles. The fourth-order valence-electron chi connectivity index (χ4n) is 3.49. The lowest BCUT2D eigenvalue weighted by Crippen LogP contribution is -2.46. The van der Waals surface area contributed by atoms with Gasteiger partial charge in [0, 0.05) is 31.9 Å². The van der Waals surface area contributed by atoms with Crippen LogP contribution in [0.15, 0.2) is 18.2 Å². The van der Waals surface area contributed by atoms with Gasteiger partial charge in [0.2, 0.25) is 5.91 Å². The zero-order chi connectivity index (χ0) is 18.4. The maximum atomic E-state index is 12.4. The molecule has 6 heteroatoms. The molecule has 0 aliphatic carbocycles. The van der Waals surface area contributed by atoms with E-state index in [1.165, 1.54) is 0 Å². The molecule has 3 rings (SSSR count). The lowest BCUT2D eigenvalue weighted by molar-refractivity contribution is -0.124. The highest BCUT2D eigenvalue weighted by molar-refractivity contribution is 5.81. The molecule has 2 aliphatic heterocycles. The van der Waals surface area contributed by atoms with Gasteiger partial charge in [-0.3, -0.25) is 4.79 Å². The molecular formula is C20H30N2O4. The molecule has 1 amide bonds. The van der Waals surface area contributed by atoms with Crippen molar-refractivity contribution in [1.82, 2.24) is 5.32 Å². The second kappa shape index (κ2) is 9.35. The van der Waals surface area contributed by atoms with Crippen molar-refractivity contribution in [2.75, 3.05) is 26.4 Å². The third kappa shape index (κ3) is 5.19. The van der Waals surface area contributed by atoms with Crippen molar-refractivity contribution in [1.29, 1.82) is 0 Å². The fourth-order valence-corrected chi connectivity index (χ4v) is 3.49. The summed E-state index contributed by atoms with van der Waals surface area (Å²) in [5.41, 5.74) is 8.23. The van der Waals surface area contributed by atoms with Crippen molar-refractivity contribution in [2.24, 2.45) is 11.7 Å². The molecule has 0 radical (unpaired) electrons. The monoisotopic (exact) mass is 362 g/mol. The highest BCUT2D eigenvalue weighted by atomic mass is 16.5. The van der Waals surface area contributed by atoms with Crippen molar-refractivity contribution in [3.63, 3.8) is 0 Å². The second-order valence-corrected chi connectivity index (χ2v) is 7.25. The number of benzene rings is 1. The van der Waals surface area contributed by atoms with Gasteiger partial charge in [0.05, 0.1) is 12.1 Å². The number of ether oxygens (including phenoxy) is 3. The van der Waals surface area contributed by atoms with Gasteiger partial charge < -0.3 is 25.3 Å². The third-order valence-electron chi connectivity index (χ3n) is 5.20. The van der Waals surface area contributed by atoms with Crippen molar-refractivity contribution < 1.29 is 19.0 Å². The molecule has 0 bridgehead atoms. The molecule has 2 atom stereocenters. The maximum absolute atomic E-state index is 12.4. The zero-order valence-electron chi connectivity index (χ0n) is 15.5. The summed E-state index contributed by atoms with van der Waals surface area (Å²) < 4.78 is 16.9. The molecule has 2 unspecified atom stereocenters. The number of hydrogen-bond acceptors (Lipinski definition) is 5. The molecule has 1 aromatic rings. The Morgan fingerprint density at radius 1 is 1.31 bits per heavy atom. The lowest BCUT2D eigenvalue weighted by atomic mass is 9.92. The molecule has 26 heavy (non-hydrogen) atoms. The first-order valence-electron chi connectivity index (χ1n) is 9.58. The van der Waals surface area contributed by atoms with Crippen molar-refractivity contribution >= 4 is 5.91 Å². The summed E-state index contributed by atoms with van der Waals surface area (Å²) >= 11 is 0. The molecular weight excluding hydrogens is 332 g/mol. The molecule has 1 aromatic carbocycles. The summed E-state index contributed by atoms with van der Waals surface area (Å²) in [6.07, 6.45) is 3.98. The van der Waals surface area contributed by atoms with Crippen LogP contribution in [-0.2, 0) is 20.8 Å². The number of nitrogens with one attached hydrogen (secondary N) is 1. The van der Waals surface area contributed by atoms with Crippen molar-refractivity contribution in [2.45, 2.75) is 51.3 Å². The van der Waals surface area contributed by atoms with E-state index < -0.39 is 6.04 Å². The topological polar surface area (TPSA) is 82.8 Å². The molecule has 2 aliphatic rings. The van der Waals surface area contributed by atoms with Gasteiger partial charge in [-0.1, -0.05) is 12.1 Å². The average molecular weight is 362 g/mol. The zero-order valence-corrected chi connectivity index (χ0v) is 15.5. The Morgan fingerprint density at radius 3 is 2.85 bits per heavy atom. The molecule has 0 spiro atoms. The van der Waals surface area contributed by atoms with Gasteiger partial charge in [0.25, 0.3) is 0 Å².